The molecule has 0 aliphatic rings. The Morgan fingerprint density at radius 3 is 0.759 bits per heavy atom. The normalized spacial score (nSPS) is 12.7. The average molecular weight is 1160 g/mol. The highest BCUT2D eigenvalue weighted by Crippen LogP contribution is 2.18. The van der Waals surface area contributed by atoms with E-state index in [1.807, 2.05) is 0 Å². The van der Waals surface area contributed by atoms with Gasteiger partial charge >= 0.3 is 17.9 Å². The molecular formula is C77H134O6. The molecule has 0 radical (unpaired) electrons. The predicted molar refractivity (Wildman–Crippen MR) is 362 cm³/mol. The second-order valence-electron chi connectivity index (χ2n) is 23.8. The van der Waals surface area contributed by atoms with Crippen LogP contribution in [0.3, 0.4) is 0 Å². The summed E-state index contributed by atoms with van der Waals surface area (Å²) < 4.78 is 17.0. The largest absolute Gasteiger partial charge is 0.462 e. The van der Waals surface area contributed by atoms with Crippen molar-refractivity contribution >= 4 is 17.9 Å². The van der Waals surface area contributed by atoms with E-state index in [-0.39, 0.29) is 31.1 Å². The van der Waals surface area contributed by atoms with Crippen molar-refractivity contribution in [2.24, 2.45) is 0 Å². The quantitative estimate of drug-likeness (QED) is 0.0261. The first-order valence-electron chi connectivity index (χ1n) is 35.7. The maximum atomic E-state index is 13.0. The molecule has 1 unspecified atom stereocenters. The van der Waals surface area contributed by atoms with Crippen molar-refractivity contribution in [2.75, 3.05) is 13.2 Å². The topological polar surface area (TPSA) is 78.9 Å². The highest BCUT2D eigenvalue weighted by atomic mass is 16.6. The third kappa shape index (κ3) is 69.0. The van der Waals surface area contributed by atoms with E-state index in [1.54, 1.807) is 0 Å². The van der Waals surface area contributed by atoms with Crippen molar-refractivity contribution in [3.05, 3.63) is 97.2 Å². The lowest BCUT2D eigenvalue weighted by molar-refractivity contribution is -0.167. The summed E-state index contributed by atoms with van der Waals surface area (Å²) in [5.74, 6) is -0.897. The highest BCUT2D eigenvalue weighted by Gasteiger charge is 2.19. The van der Waals surface area contributed by atoms with Crippen LogP contribution in [-0.2, 0) is 28.6 Å². The SMILES string of the molecule is CC/C=C\C/C=C\C/C=C\C/C=C\C/C=C\C/C=C\CCCCCCCCC(=O)OCC(COC(=O)CCCCCCC/C=C\C/C=C\CCCCC)OC(=O)CCCCCCCCCCCCCCCCCCCCCCCCCCC. The van der Waals surface area contributed by atoms with E-state index in [9.17, 15) is 14.4 Å². The van der Waals surface area contributed by atoms with Crippen LogP contribution in [0, 0.1) is 0 Å². The number of esters is 3. The number of hydrogen-bond donors (Lipinski definition) is 0. The van der Waals surface area contributed by atoms with Gasteiger partial charge in [0.1, 0.15) is 13.2 Å². The van der Waals surface area contributed by atoms with Crippen molar-refractivity contribution in [2.45, 2.75) is 361 Å². The molecule has 0 aliphatic heterocycles. The van der Waals surface area contributed by atoms with Crippen LogP contribution in [0.15, 0.2) is 97.2 Å². The number of carbonyl (C=O) groups is 3. The van der Waals surface area contributed by atoms with Gasteiger partial charge in [-0.2, -0.15) is 0 Å². The van der Waals surface area contributed by atoms with Crippen molar-refractivity contribution < 1.29 is 28.6 Å². The van der Waals surface area contributed by atoms with Gasteiger partial charge in [-0.25, -0.2) is 0 Å². The van der Waals surface area contributed by atoms with Crippen LogP contribution < -0.4 is 0 Å². The van der Waals surface area contributed by atoms with Crippen LogP contribution >= 0.6 is 0 Å². The van der Waals surface area contributed by atoms with Gasteiger partial charge in [-0.15, -0.1) is 0 Å². The first-order valence-corrected chi connectivity index (χ1v) is 35.7. The Balaban J connectivity index is 4.35. The summed E-state index contributed by atoms with van der Waals surface area (Å²) in [5, 5.41) is 0. The second-order valence-corrected chi connectivity index (χ2v) is 23.8. The van der Waals surface area contributed by atoms with Crippen molar-refractivity contribution in [1.29, 1.82) is 0 Å². The van der Waals surface area contributed by atoms with Gasteiger partial charge in [-0.1, -0.05) is 330 Å². The fourth-order valence-corrected chi connectivity index (χ4v) is 10.2. The van der Waals surface area contributed by atoms with Crippen molar-refractivity contribution in [3.63, 3.8) is 0 Å². The maximum absolute atomic E-state index is 13.0. The Morgan fingerprint density at radius 2 is 0.470 bits per heavy atom. The van der Waals surface area contributed by atoms with E-state index in [4.69, 9.17) is 14.2 Å². The minimum Gasteiger partial charge on any atom is -0.462 e. The molecule has 1 atom stereocenters. The summed E-state index contributed by atoms with van der Waals surface area (Å²) in [5.41, 5.74) is 0. The molecule has 0 spiro atoms. The zero-order valence-electron chi connectivity index (χ0n) is 54.9. The van der Waals surface area contributed by atoms with Gasteiger partial charge in [0, 0.05) is 19.3 Å². The van der Waals surface area contributed by atoms with Gasteiger partial charge in [0.05, 0.1) is 0 Å². The highest BCUT2D eigenvalue weighted by molar-refractivity contribution is 5.71. The molecule has 0 rings (SSSR count). The summed E-state index contributed by atoms with van der Waals surface area (Å²) in [7, 11) is 0. The molecule has 0 aromatic heterocycles. The zero-order chi connectivity index (χ0) is 59.9. The van der Waals surface area contributed by atoms with Crippen LogP contribution in [0.2, 0.25) is 0 Å². The fourth-order valence-electron chi connectivity index (χ4n) is 10.2. The molecule has 0 aromatic rings. The predicted octanol–water partition coefficient (Wildman–Crippen LogP) is 24.8. The number of unbranched alkanes of at least 4 members (excludes halogenated alkanes) is 38. The van der Waals surface area contributed by atoms with Crippen LogP contribution in [0.5, 0.6) is 0 Å². The van der Waals surface area contributed by atoms with Gasteiger partial charge in [-0.3, -0.25) is 14.4 Å². The average Bonchev–Trinajstić information content (AvgIpc) is 3.49. The molecule has 478 valence electrons. The monoisotopic (exact) mass is 1160 g/mol. The number of carbonyl (C=O) groups excluding carboxylic acids is 3. The Bertz CT molecular complexity index is 1610. The first kappa shape index (κ1) is 79.3. The first-order chi connectivity index (χ1) is 41.0. The Hall–Kier alpha value is -3.67. The molecule has 0 bridgehead atoms. The Morgan fingerprint density at radius 1 is 0.253 bits per heavy atom. The standard InChI is InChI=1S/C77H134O6/c1-4-7-10-13-16-19-22-25-28-30-32-34-36-38-40-42-44-46-49-52-55-58-61-64-67-70-76(79)82-73-74(72-81-75(78)69-66-63-60-57-54-51-48-27-24-21-18-15-12-9-6-3)83-77(80)71-68-65-62-59-56-53-50-47-45-43-41-39-37-35-33-31-29-26-23-20-17-14-11-8-5-2/h7,10,16,18-19,21,25,27-28,32,34,38,40,44,46,48,74H,4-6,8-9,11-15,17,20,22-24,26,29-31,33,35-37,39,41-43,45,47,49-73H2,1-3H3/b10-7-,19-16-,21-18-,28-25-,34-32-,40-38-,46-44-,48-27-. The lowest BCUT2D eigenvalue weighted by Crippen LogP contribution is -2.30. The van der Waals surface area contributed by atoms with Crippen molar-refractivity contribution in [1.82, 2.24) is 0 Å². The van der Waals surface area contributed by atoms with E-state index in [2.05, 4.69) is 118 Å². The summed E-state index contributed by atoms with van der Waals surface area (Å²) in [6.07, 6.45) is 95.8. The second kappa shape index (κ2) is 70.8. The Labute approximate surface area is 515 Å². The zero-order valence-corrected chi connectivity index (χ0v) is 54.9. The number of hydrogen-bond acceptors (Lipinski definition) is 6. The molecule has 6 heteroatoms. The summed E-state index contributed by atoms with van der Waals surface area (Å²) >= 11 is 0. The fraction of sp³-hybridized carbons (Fsp3) is 0.753. The molecule has 0 heterocycles. The summed E-state index contributed by atoms with van der Waals surface area (Å²) in [6, 6.07) is 0. The summed E-state index contributed by atoms with van der Waals surface area (Å²) in [6.45, 7) is 6.53. The minimum absolute atomic E-state index is 0.0871. The van der Waals surface area contributed by atoms with E-state index in [0.29, 0.717) is 19.3 Å². The molecular weight excluding hydrogens is 1020 g/mol. The van der Waals surface area contributed by atoms with Crippen LogP contribution in [0.4, 0.5) is 0 Å². The lowest BCUT2D eigenvalue weighted by Gasteiger charge is -2.18. The molecule has 83 heavy (non-hydrogen) atoms. The van der Waals surface area contributed by atoms with E-state index >= 15 is 0 Å². The lowest BCUT2D eigenvalue weighted by atomic mass is 10.0. The molecule has 0 saturated carbocycles. The molecule has 0 aliphatic carbocycles. The van der Waals surface area contributed by atoms with Gasteiger partial charge < -0.3 is 14.2 Å². The Kier molecular flexibility index (Phi) is 67.7. The number of ether oxygens (including phenoxy) is 3. The molecule has 0 amide bonds. The third-order valence-corrected chi connectivity index (χ3v) is 15.6. The van der Waals surface area contributed by atoms with Crippen LogP contribution in [0.25, 0.3) is 0 Å². The third-order valence-electron chi connectivity index (χ3n) is 15.6. The van der Waals surface area contributed by atoms with Crippen LogP contribution in [0.1, 0.15) is 355 Å². The molecule has 0 fully saturated rings. The van der Waals surface area contributed by atoms with Gasteiger partial charge in [0.2, 0.25) is 0 Å². The number of allylic oxidation sites excluding steroid dienone is 16. The minimum atomic E-state index is -0.791. The van der Waals surface area contributed by atoms with Gasteiger partial charge in [-0.05, 0) is 103 Å². The summed E-state index contributed by atoms with van der Waals surface area (Å²) in [4.78, 5) is 38.5. The van der Waals surface area contributed by atoms with Crippen molar-refractivity contribution in [3.8, 4) is 0 Å². The van der Waals surface area contributed by atoms with E-state index < -0.39 is 6.10 Å². The van der Waals surface area contributed by atoms with Crippen LogP contribution in [-0.4, -0.2) is 37.2 Å². The van der Waals surface area contributed by atoms with Gasteiger partial charge in [0.15, 0.2) is 6.10 Å². The van der Waals surface area contributed by atoms with E-state index in [1.165, 1.54) is 186 Å². The van der Waals surface area contributed by atoms with E-state index in [0.717, 1.165) is 128 Å². The molecule has 0 aromatic carbocycles. The molecule has 6 nitrogen and oxygen atoms in total. The van der Waals surface area contributed by atoms with Gasteiger partial charge in [0.25, 0.3) is 0 Å². The maximum Gasteiger partial charge on any atom is 0.306 e. The number of rotatable bonds is 65. The molecule has 0 N–H and O–H groups in total. The molecule has 0 saturated heterocycles. The smallest absolute Gasteiger partial charge is 0.306 e.